The van der Waals surface area contributed by atoms with Crippen LogP contribution in [0.15, 0.2) is 0 Å². The molecule has 1 aromatic heterocycles. The molecule has 13 heavy (non-hydrogen) atoms. The maximum Gasteiger partial charge on any atom is 0.162 e. The van der Waals surface area contributed by atoms with Crippen molar-refractivity contribution in [2.24, 2.45) is 0 Å². The first kappa shape index (κ1) is 8.58. The first-order chi connectivity index (χ1) is 6.36. The Hall–Kier alpha value is -1.01. The molecule has 0 aromatic carbocycles. The Bertz CT molecular complexity index is 362. The molecular weight excluding hydrogens is 186 g/mol. The Morgan fingerprint density at radius 1 is 1.54 bits per heavy atom. The predicted molar refractivity (Wildman–Crippen MR) is 49.4 cm³/mol. The van der Waals surface area contributed by atoms with Gasteiger partial charge in [-0.3, -0.25) is 0 Å². The zero-order valence-corrected chi connectivity index (χ0v) is 8.01. The summed E-state index contributed by atoms with van der Waals surface area (Å²) in [7, 11) is 0. The topological polar surface area (TPSA) is 41.6 Å². The van der Waals surface area contributed by atoms with Crippen molar-refractivity contribution in [2.45, 2.75) is 31.7 Å². The molecule has 0 bridgehead atoms. The molecule has 1 aromatic rings. The molecule has 0 atom stereocenters. The van der Waals surface area contributed by atoms with Gasteiger partial charge in [0.05, 0.1) is 11.6 Å². The maximum atomic E-state index is 8.83. The van der Waals surface area contributed by atoms with Gasteiger partial charge < -0.3 is 4.57 Å². The van der Waals surface area contributed by atoms with Crippen LogP contribution in [0.3, 0.4) is 0 Å². The molecule has 4 heteroatoms. The summed E-state index contributed by atoms with van der Waals surface area (Å²) in [5.74, 6) is 1.24. The molecule has 0 amide bonds. The smallest absolute Gasteiger partial charge is 0.162 e. The highest BCUT2D eigenvalue weighted by Gasteiger charge is 2.18. The van der Waals surface area contributed by atoms with Gasteiger partial charge in [0.15, 0.2) is 5.69 Å². The van der Waals surface area contributed by atoms with Crippen molar-refractivity contribution in [1.29, 1.82) is 5.26 Å². The van der Waals surface area contributed by atoms with E-state index in [0.29, 0.717) is 11.6 Å². The quantitative estimate of drug-likeness (QED) is 0.642. The lowest BCUT2D eigenvalue weighted by Crippen LogP contribution is -2.12. The number of fused-ring (bicyclic) bond motifs is 1. The number of nitrogens with zero attached hydrogens (tertiary/aromatic N) is 3. The van der Waals surface area contributed by atoms with Gasteiger partial charge in [-0.2, -0.15) is 5.26 Å². The van der Waals surface area contributed by atoms with E-state index in [1.54, 1.807) is 0 Å². The van der Waals surface area contributed by atoms with Crippen LogP contribution in [-0.4, -0.2) is 9.55 Å². The third-order valence-electron chi connectivity index (χ3n) is 2.42. The van der Waals surface area contributed by atoms with Gasteiger partial charge in [0.25, 0.3) is 0 Å². The van der Waals surface area contributed by atoms with E-state index < -0.39 is 0 Å². The molecule has 0 saturated carbocycles. The average Bonchev–Trinajstić information content (AvgIpc) is 2.56. The zero-order chi connectivity index (χ0) is 9.26. The van der Waals surface area contributed by atoms with Gasteiger partial charge in [-0.1, -0.05) is 0 Å². The van der Waals surface area contributed by atoms with Gasteiger partial charge in [-0.05, 0) is 19.3 Å². The molecule has 0 radical (unpaired) electrons. The summed E-state index contributed by atoms with van der Waals surface area (Å²) in [5.41, 5.74) is 1.64. The Balaban J connectivity index is 2.52. The van der Waals surface area contributed by atoms with Gasteiger partial charge in [0.2, 0.25) is 0 Å². The van der Waals surface area contributed by atoms with Gasteiger partial charge in [0, 0.05) is 6.54 Å². The number of hydrogen-bond acceptors (Lipinski definition) is 2. The Labute approximate surface area is 81.9 Å². The number of nitriles is 1. The lowest BCUT2D eigenvalue weighted by atomic mass is 10.1. The molecule has 0 spiro atoms. The highest BCUT2D eigenvalue weighted by molar-refractivity contribution is 6.16. The van der Waals surface area contributed by atoms with Crippen molar-refractivity contribution in [2.75, 3.05) is 0 Å². The van der Waals surface area contributed by atoms with E-state index >= 15 is 0 Å². The summed E-state index contributed by atoms with van der Waals surface area (Å²) in [6.07, 6.45) is 3.28. The minimum atomic E-state index is 0.397. The second-order valence-corrected chi connectivity index (χ2v) is 3.44. The summed E-state index contributed by atoms with van der Waals surface area (Å²) in [4.78, 5) is 4.20. The fourth-order valence-corrected chi connectivity index (χ4v) is 2.01. The number of hydrogen-bond donors (Lipinski definition) is 0. The molecular formula is C9H10ClN3. The standard InChI is InChI=1S/C9H10ClN3/c10-5-9-12-7(6-11)8-3-1-2-4-13(8)9/h1-5H2. The third-order valence-corrected chi connectivity index (χ3v) is 2.66. The van der Waals surface area contributed by atoms with E-state index in [9.17, 15) is 0 Å². The molecule has 0 N–H and O–H groups in total. The SMILES string of the molecule is N#Cc1nc(CCl)n2c1CCCC2. The predicted octanol–water partition coefficient (Wildman–Crippen LogP) is 1.83. The average molecular weight is 196 g/mol. The largest absolute Gasteiger partial charge is 0.330 e. The summed E-state index contributed by atoms with van der Waals surface area (Å²) >= 11 is 5.74. The van der Waals surface area contributed by atoms with E-state index in [2.05, 4.69) is 15.6 Å². The first-order valence-corrected chi connectivity index (χ1v) is 4.94. The van der Waals surface area contributed by atoms with Crippen LogP contribution in [0.4, 0.5) is 0 Å². The molecule has 0 unspecified atom stereocenters. The third kappa shape index (κ3) is 1.31. The lowest BCUT2D eigenvalue weighted by Gasteiger charge is -2.15. The van der Waals surface area contributed by atoms with Gasteiger partial charge in [-0.15, -0.1) is 11.6 Å². The van der Waals surface area contributed by atoms with Crippen LogP contribution < -0.4 is 0 Å². The molecule has 0 aliphatic carbocycles. The molecule has 0 fully saturated rings. The second kappa shape index (κ2) is 3.39. The van der Waals surface area contributed by atoms with Crippen LogP contribution in [0.5, 0.6) is 0 Å². The van der Waals surface area contributed by atoms with Gasteiger partial charge in [0.1, 0.15) is 11.9 Å². The van der Waals surface area contributed by atoms with E-state index in [1.165, 1.54) is 0 Å². The fraction of sp³-hybridized carbons (Fsp3) is 0.556. The summed E-state index contributed by atoms with van der Waals surface area (Å²) < 4.78 is 2.09. The Morgan fingerprint density at radius 2 is 2.38 bits per heavy atom. The first-order valence-electron chi connectivity index (χ1n) is 4.41. The molecule has 2 heterocycles. The number of imidazole rings is 1. The maximum absolute atomic E-state index is 8.83. The second-order valence-electron chi connectivity index (χ2n) is 3.18. The number of rotatable bonds is 1. The number of aromatic nitrogens is 2. The minimum Gasteiger partial charge on any atom is -0.330 e. The van der Waals surface area contributed by atoms with Gasteiger partial charge >= 0.3 is 0 Å². The van der Waals surface area contributed by atoms with Crippen LogP contribution in [0.2, 0.25) is 0 Å². The molecule has 1 aliphatic rings. The normalized spacial score (nSPS) is 15.1. The molecule has 0 saturated heterocycles. The number of alkyl halides is 1. The van der Waals surface area contributed by atoms with E-state index in [1.807, 2.05) is 0 Å². The van der Waals surface area contributed by atoms with Crippen molar-refractivity contribution >= 4 is 11.6 Å². The Kier molecular flexibility index (Phi) is 2.24. The summed E-state index contributed by atoms with van der Waals surface area (Å²) in [6.45, 7) is 0.964. The van der Waals surface area contributed by atoms with Crippen molar-refractivity contribution < 1.29 is 0 Å². The highest BCUT2D eigenvalue weighted by Crippen LogP contribution is 2.21. The Morgan fingerprint density at radius 3 is 3.08 bits per heavy atom. The summed E-state index contributed by atoms with van der Waals surface area (Å²) in [5, 5.41) is 8.83. The van der Waals surface area contributed by atoms with Crippen LogP contribution in [-0.2, 0) is 18.8 Å². The zero-order valence-electron chi connectivity index (χ0n) is 7.26. The molecule has 3 nitrogen and oxygen atoms in total. The lowest BCUT2D eigenvalue weighted by molar-refractivity contribution is 0.520. The number of halogens is 1. The van der Waals surface area contributed by atoms with E-state index in [-0.39, 0.29) is 0 Å². The van der Waals surface area contributed by atoms with Gasteiger partial charge in [-0.25, -0.2) is 4.98 Å². The van der Waals surface area contributed by atoms with Crippen LogP contribution in [0, 0.1) is 11.3 Å². The van der Waals surface area contributed by atoms with Crippen molar-refractivity contribution in [3.05, 3.63) is 17.2 Å². The van der Waals surface area contributed by atoms with Crippen molar-refractivity contribution in [3.8, 4) is 6.07 Å². The molecule has 68 valence electrons. The van der Waals surface area contributed by atoms with E-state index in [4.69, 9.17) is 16.9 Å². The van der Waals surface area contributed by atoms with Crippen molar-refractivity contribution in [1.82, 2.24) is 9.55 Å². The van der Waals surface area contributed by atoms with Crippen molar-refractivity contribution in [3.63, 3.8) is 0 Å². The monoisotopic (exact) mass is 195 g/mol. The highest BCUT2D eigenvalue weighted by atomic mass is 35.5. The van der Waals surface area contributed by atoms with Crippen LogP contribution in [0.25, 0.3) is 0 Å². The minimum absolute atomic E-state index is 0.397. The molecule has 2 rings (SSSR count). The summed E-state index contributed by atoms with van der Waals surface area (Å²) in [6, 6.07) is 2.12. The molecule has 1 aliphatic heterocycles. The van der Waals surface area contributed by atoms with Crippen LogP contribution >= 0.6 is 11.6 Å². The fourth-order valence-electron chi connectivity index (χ4n) is 1.81. The van der Waals surface area contributed by atoms with E-state index in [0.717, 1.165) is 37.3 Å². The van der Waals surface area contributed by atoms with Crippen LogP contribution in [0.1, 0.15) is 30.1 Å².